The van der Waals surface area contributed by atoms with E-state index in [1.165, 1.54) is 6.92 Å². The molecule has 0 unspecified atom stereocenters. The van der Waals surface area contributed by atoms with E-state index in [4.69, 9.17) is 0 Å². The molecule has 2 rings (SSSR count). The predicted molar refractivity (Wildman–Crippen MR) is 108 cm³/mol. The summed E-state index contributed by atoms with van der Waals surface area (Å²) in [5, 5.41) is 8.26. The third-order valence-electron chi connectivity index (χ3n) is 4.30. The van der Waals surface area contributed by atoms with Crippen LogP contribution in [0, 0.1) is 19.3 Å². The highest BCUT2D eigenvalue weighted by Crippen LogP contribution is 2.25. The van der Waals surface area contributed by atoms with Crippen LogP contribution in [0.25, 0.3) is 0 Å². The fraction of sp³-hybridized carbons (Fsp3) is 0.286. The quantitative estimate of drug-likeness (QED) is 0.701. The summed E-state index contributed by atoms with van der Waals surface area (Å²) in [4.78, 5) is 36.6. The molecule has 0 saturated carbocycles. The molecular formula is C21H25N3O3. The van der Waals surface area contributed by atoms with Crippen molar-refractivity contribution >= 4 is 34.8 Å². The van der Waals surface area contributed by atoms with Crippen molar-refractivity contribution in [2.45, 2.75) is 34.6 Å². The Kier molecular flexibility index (Phi) is 6.00. The topological polar surface area (TPSA) is 87.3 Å². The Morgan fingerprint density at radius 3 is 1.81 bits per heavy atom. The number of nitrogens with one attached hydrogen (secondary N) is 3. The van der Waals surface area contributed by atoms with Crippen molar-refractivity contribution in [1.29, 1.82) is 0 Å². The predicted octanol–water partition coefficient (Wildman–Crippen LogP) is 3.87. The molecule has 27 heavy (non-hydrogen) atoms. The highest BCUT2D eigenvalue weighted by molar-refractivity contribution is 6.14. The lowest BCUT2D eigenvalue weighted by Crippen LogP contribution is -2.41. The maximum atomic E-state index is 12.8. The molecule has 0 saturated heterocycles. The smallest absolute Gasteiger partial charge is 0.239 e. The van der Waals surface area contributed by atoms with Crippen molar-refractivity contribution in [3.63, 3.8) is 0 Å². The second kappa shape index (κ2) is 8.03. The monoisotopic (exact) mass is 367 g/mol. The minimum absolute atomic E-state index is 0.202. The summed E-state index contributed by atoms with van der Waals surface area (Å²) in [6, 6.07) is 12.5. The van der Waals surface area contributed by atoms with Gasteiger partial charge in [-0.25, -0.2) is 0 Å². The summed E-state index contributed by atoms with van der Waals surface area (Å²) >= 11 is 0. The molecule has 0 aliphatic rings. The minimum atomic E-state index is -1.29. The van der Waals surface area contributed by atoms with Gasteiger partial charge in [0.15, 0.2) is 0 Å². The largest absolute Gasteiger partial charge is 0.326 e. The molecule has 0 fully saturated rings. The van der Waals surface area contributed by atoms with Gasteiger partial charge in [-0.3, -0.25) is 14.4 Å². The molecule has 0 aliphatic carbocycles. The maximum absolute atomic E-state index is 12.8. The first-order valence-electron chi connectivity index (χ1n) is 8.68. The number of carbonyl (C=O) groups is 3. The second-order valence-electron chi connectivity index (χ2n) is 7.06. The van der Waals surface area contributed by atoms with Crippen molar-refractivity contribution in [2.75, 3.05) is 16.0 Å². The number of hydrogen-bond acceptors (Lipinski definition) is 3. The van der Waals surface area contributed by atoms with E-state index in [2.05, 4.69) is 16.0 Å². The van der Waals surface area contributed by atoms with Crippen LogP contribution in [0.3, 0.4) is 0 Å². The average molecular weight is 367 g/mol. The van der Waals surface area contributed by atoms with Crippen molar-refractivity contribution in [3.05, 3.63) is 53.6 Å². The summed E-state index contributed by atoms with van der Waals surface area (Å²) in [6.07, 6.45) is 0. The van der Waals surface area contributed by atoms with E-state index in [-0.39, 0.29) is 5.91 Å². The van der Waals surface area contributed by atoms with Crippen molar-refractivity contribution in [1.82, 2.24) is 0 Å². The summed E-state index contributed by atoms with van der Waals surface area (Å²) in [6.45, 7) is 8.37. The lowest BCUT2D eigenvalue weighted by Gasteiger charge is -2.24. The van der Waals surface area contributed by atoms with Gasteiger partial charge in [0.05, 0.1) is 0 Å². The molecule has 0 heterocycles. The van der Waals surface area contributed by atoms with Crippen molar-refractivity contribution < 1.29 is 14.4 Å². The van der Waals surface area contributed by atoms with E-state index < -0.39 is 17.2 Å². The molecule has 6 heteroatoms. The van der Waals surface area contributed by atoms with E-state index in [0.29, 0.717) is 11.4 Å². The van der Waals surface area contributed by atoms with Gasteiger partial charge in [-0.05, 0) is 57.0 Å². The van der Waals surface area contributed by atoms with Gasteiger partial charge in [0.2, 0.25) is 17.7 Å². The third kappa shape index (κ3) is 4.94. The van der Waals surface area contributed by atoms with Gasteiger partial charge in [0.1, 0.15) is 5.41 Å². The Morgan fingerprint density at radius 2 is 1.26 bits per heavy atom. The molecular weight excluding hydrogens is 342 g/mol. The number of rotatable bonds is 5. The number of amides is 3. The Morgan fingerprint density at radius 1 is 0.778 bits per heavy atom. The van der Waals surface area contributed by atoms with Crippen LogP contribution in [0.4, 0.5) is 17.1 Å². The fourth-order valence-electron chi connectivity index (χ4n) is 2.55. The number of para-hydroxylation sites is 1. The summed E-state index contributed by atoms with van der Waals surface area (Å²) in [7, 11) is 0. The van der Waals surface area contributed by atoms with Crippen LogP contribution in [0.5, 0.6) is 0 Å². The molecule has 2 aromatic rings. The van der Waals surface area contributed by atoms with Crippen LogP contribution < -0.4 is 16.0 Å². The zero-order chi connectivity index (χ0) is 20.2. The maximum Gasteiger partial charge on any atom is 0.239 e. The van der Waals surface area contributed by atoms with E-state index >= 15 is 0 Å². The van der Waals surface area contributed by atoms with Gasteiger partial charge in [0, 0.05) is 24.0 Å². The van der Waals surface area contributed by atoms with E-state index in [9.17, 15) is 14.4 Å². The van der Waals surface area contributed by atoms with Crippen LogP contribution in [0.2, 0.25) is 0 Å². The lowest BCUT2D eigenvalue weighted by molar-refractivity contribution is -0.135. The van der Waals surface area contributed by atoms with E-state index in [0.717, 1.165) is 16.8 Å². The standard InChI is InChI=1S/C21H25N3O3/c1-13-8-6-9-14(2)18(13)24-20(27)21(4,5)19(26)23-17-11-7-10-16(12-17)22-15(3)25/h6-12H,1-5H3,(H,22,25)(H,23,26)(H,24,27). The Balaban J connectivity index is 2.14. The van der Waals surface area contributed by atoms with Crippen LogP contribution in [-0.4, -0.2) is 17.7 Å². The number of carbonyl (C=O) groups excluding carboxylic acids is 3. The minimum Gasteiger partial charge on any atom is -0.326 e. The Hall–Kier alpha value is -3.15. The van der Waals surface area contributed by atoms with Gasteiger partial charge >= 0.3 is 0 Å². The Bertz CT molecular complexity index is 868. The lowest BCUT2D eigenvalue weighted by atomic mass is 9.90. The van der Waals surface area contributed by atoms with Crippen molar-refractivity contribution in [2.24, 2.45) is 5.41 Å². The van der Waals surface area contributed by atoms with Crippen molar-refractivity contribution in [3.8, 4) is 0 Å². The molecule has 0 bridgehead atoms. The summed E-state index contributed by atoms with van der Waals surface area (Å²) in [5.74, 6) is -1.03. The molecule has 0 spiro atoms. The van der Waals surface area contributed by atoms with Gasteiger partial charge in [-0.15, -0.1) is 0 Å². The SMILES string of the molecule is CC(=O)Nc1cccc(NC(=O)C(C)(C)C(=O)Nc2c(C)cccc2C)c1. The normalized spacial score (nSPS) is 10.9. The highest BCUT2D eigenvalue weighted by atomic mass is 16.2. The zero-order valence-corrected chi connectivity index (χ0v) is 16.3. The van der Waals surface area contributed by atoms with E-state index in [1.54, 1.807) is 38.1 Å². The van der Waals surface area contributed by atoms with Crippen LogP contribution in [0.15, 0.2) is 42.5 Å². The summed E-state index contributed by atoms with van der Waals surface area (Å²) < 4.78 is 0. The molecule has 3 N–H and O–H groups in total. The fourth-order valence-corrected chi connectivity index (χ4v) is 2.55. The number of hydrogen-bond donors (Lipinski definition) is 3. The molecule has 3 amide bonds. The number of aryl methyl sites for hydroxylation is 2. The van der Waals surface area contributed by atoms with Gasteiger partial charge < -0.3 is 16.0 Å². The van der Waals surface area contributed by atoms with Crippen LogP contribution in [0.1, 0.15) is 31.9 Å². The first-order valence-corrected chi connectivity index (χ1v) is 8.68. The Labute approximate surface area is 159 Å². The number of anilines is 3. The average Bonchev–Trinajstić information content (AvgIpc) is 2.57. The molecule has 0 aliphatic heterocycles. The van der Waals surface area contributed by atoms with Gasteiger partial charge in [-0.1, -0.05) is 24.3 Å². The first kappa shape index (κ1) is 20.2. The zero-order valence-electron chi connectivity index (χ0n) is 16.3. The van der Waals surface area contributed by atoms with E-state index in [1.807, 2.05) is 32.0 Å². The molecule has 6 nitrogen and oxygen atoms in total. The number of benzene rings is 2. The van der Waals surface area contributed by atoms with Crippen LogP contribution in [-0.2, 0) is 14.4 Å². The van der Waals surface area contributed by atoms with Gasteiger partial charge in [-0.2, -0.15) is 0 Å². The van der Waals surface area contributed by atoms with Gasteiger partial charge in [0.25, 0.3) is 0 Å². The first-order chi connectivity index (χ1) is 12.6. The molecule has 0 atom stereocenters. The molecule has 2 aromatic carbocycles. The summed E-state index contributed by atoms with van der Waals surface area (Å²) in [5.41, 5.74) is 2.36. The second-order valence-corrected chi connectivity index (χ2v) is 7.06. The third-order valence-corrected chi connectivity index (χ3v) is 4.30. The van der Waals surface area contributed by atoms with Crippen LogP contribution >= 0.6 is 0 Å². The molecule has 0 radical (unpaired) electrons. The molecule has 142 valence electrons. The highest BCUT2D eigenvalue weighted by Gasteiger charge is 2.36. The molecule has 0 aromatic heterocycles.